The molecule has 1 saturated heterocycles. The van der Waals surface area contributed by atoms with Crippen molar-refractivity contribution in [1.82, 2.24) is 20.0 Å². The Morgan fingerprint density at radius 1 is 1.42 bits per heavy atom. The van der Waals surface area contributed by atoms with Crippen molar-refractivity contribution in [3.8, 4) is 0 Å². The average molecular weight is 347 g/mol. The summed E-state index contributed by atoms with van der Waals surface area (Å²) >= 11 is 6.11. The number of benzene rings is 1. The first-order chi connectivity index (χ1) is 11.6. The fraction of sp³-hybridized carbons (Fsp3) is 0.444. The zero-order valence-electron chi connectivity index (χ0n) is 13.9. The highest BCUT2D eigenvalue weighted by Gasteiger charge is 2.26. The van der Waals surface area contributed by atoms with E-state index in [1.807, 2.05) is 42.2 Å². The number of nitrogens with one attached hydrogen (secondary N) is 1. The SMILES string of the molecule is Cn1cc([C@H]2CCCN2CCC(=O)NCc2ccccc2Cl)cn1. The maximum Gasteiger partial charge on any atom is 0.221 e. The van der Waals surface area contributed by atoms with Crippen LogP contribution >= 0.6 is 11.6 Å². The monoisotopic (exact) mass is 346 g/mol. The van der Waals surface area contributed by atoms with Crippen molar-refractivity contribution < 1.29 is 4.79 Å². The van der Waals surface area contributed by atoms with Gasteiger partial charge in [-0.15, -0.1) is 0 Å². The lowest BCUT2D eigenvalue weighted by Crippen LogP contribution is -2.30. The molecule has 5 nitrogen and oxygen atoms in total. The van der Waals surface area contributed by atoms with Gasteiger partial charge in [0.1, 0.15) is 0 Å². The van der Waals surface area contributed by atoms with Crippen molar-refractivity contribution in [1.29, 1.82) is 0 Å². The number of hydrogen-bond donors (Lipinski definition) is 1. The van der Waals surface area contributed by atoms with Crippen LogP contribution in [0.15, 0.2) is 36.7 Å². The molecular weight excluding hydrogens is 324 g/mol. The summed E-state index contributed by atoms with van der Waals surface area (Å²) in [5, 5.41) is 7.91. The van der Waals surface area contributed by atoms with Crippen LogP contribution in [-0.4, -0.2) is 33.7 Å². The van der Waals surface area contributed by atoms with Crippen LogP contribution in [0, 0.1) is 0 Å². The van der Waals surface area contributed by atoms with Gasteiger partial charge in [-0.25, -0.2) is 0 Å². The van der Waals surface area contributed by atoms with Gasteiger partial charge in [-0.2, -0.15) is 5.10 Å². The molecule has 1 amide bonds. The lowest BCUT2D eigenvalue weighted by molar-refractivity contribution is -0.121. The third kappa shape index (κ3) is 4.16. The van der Waals surface area contributed by atoms with Crippen molar-refractivity contribution in [2.24, 2.45) is 7.05 Å². The minimum atomic E-state index is 0.0618. The molecule has 0 aliphatic carbocycles. The maximum atomic E-state index is 12.1. The summed E-state index contributed by atoms with van der Waals surface area (Å²) in [6, 6.07) is 7.97. The van der Waals surface area contributed by atoms with E-state index in [-0.39, 0.29) is 5.91 Å². The Morgan fingerprint density at radius 3 is 3.00 bits per heavy atom. The Morgan fingerprint density at radius 2 is 2.25 bits per heavy atom. The van der Waals surface area contributed by atoms with Crippen molar-refractivity contribution in [3.05, 3.63) is 52.8 Å². The molecule has 1 fully saturated rings. The van der Waals surface area contributed by atoms with Crippen molar-refractivity contribution >= 4 is 17.5 Å². The molecule has 2 aromatic rings. The molecule has 3 rings (SSSR count). The van der Waals surface area contributed by atoms with E-state index in [9.17, 15) is 4.79 Å². The van der Waals surface area contributed by atoms with Crippen molar-refractivity contribution in [3.63, 3.8) is 0 Å². The highest BCUT2D eigenvalue weighted by molar-refractivity contribution is 6.31. The number of halogens is 1. The van der Waals surface area contributed by atoms with Crippen LogP contribution in [0.25, 0.3) is 0 Å². The van der Waals surface area contributed by atoms with E-state index in [2.05, 4.69) is 21.5 Å². The molecule has 0 unspecified atom stereocenters. The van der Waals surface area contributed by atoms with Crippen LogP contribution < -0.4 is 5.32 Å². The Kier molecular flexibility index (Phi) is 5.53. The van der Waals surface area contributed by atoms with Crippen molar-refractivity contribution in [2.75, 3.05) is 13.1 Å². The standard InChI is InChI=1S/C18H23ClN4O/c1-22-13-15(12-21-22)17-7-4-9-23(17)10-8-18(24)20-11-14-5-2-3-6-16(14)19/h2-3,5-6,12-13,17H,4,7-11H2,1H3,(H,20,24)/t17-/m1/s1. The summed E-state index contributed by atoms with van der Waals surface area (Å²) in [6.45, 7) is 2.29. The number of likely N-dealkylation sites (tertiary alicyclic amines) is 1. The number of hydrogen-bond acceptors (Lipinski definition) is 3. The van der Waals surface area contributed by atoms with Crippen LogP contribution in [0.1, 0.15) is 36.4 Å². The topological polar surface area (TPSA) is 50.2 Å². The van der Waals surface area contributed by atoms with E-state index in [1.165, 1.54) is 12.0 Å². The van der Waals surface area contributed by atoms with Crippen LogP contribution in [-0.2, 0) is 18.4 Å². The van der Waals surface area contributed by atoms with E-state index in [0.717, 1.165) is 25.1 Å². The van der Waals surface area contributed by atoms with Crippen molar-refractivity contribution in [2.45, 2.75) is 31.8 Å². The van der Waals surface area contributed by atoms with Gasteiger partial charge < -0.3 is 5.32 Å². The summed E-state index contributed by atoms with van der Waals surface area (Å²) in [5.74, 6) is 0.0618. The predicted molar refractivity (Wildman–Crippen MR) is 94.7 cm³/mol. The summed E-state index contributed by atoms with van der Waals surface area (Å²) in [6.07, 6.45) is 6.80. The van der Waals surface area contributed by atoms with Gasteiger partial charge >= 0.3 is 0 Å². The molecule has 1 atom stereocenters. The second kappa shape index (κ2) is 7.81. The summed E-state index contributed by atoms with van der Waals surface area (Å²) < 4.78 is 1.84. The fourth-order valence-electron chi connectivity index (χ4n) is 3.25. The average Bonchev–Trinajstić information content (AvgIpc) is 3.20. The lowest BCUT2D eigenvalue weighted by atomic mass is 10.1. The van der Waals surface area contributed by atoms with E-state index in [0.29, 0.717) is 24.0 Å². The van der Waals surface area contributed by atoms with E-state index >= 15 is 0 Å². The van der Waals surface area contributed by atoms with Crippen LogP contribution in [0.4, 0.5) is 0 Å². The first kappa shape index (κ1) is 17.0. The Bertz CT molecular complexity index is 700. The van der Waals surface area contributed by atoms with E-state index in [1.54, 1.807) is 0 Å². The molecule has 0 saturated carbocycles. The minimum absolute atomic E-state index is 0.0618. The Hall–Kier alpha value is -1.85. The zero-order valence-corrected chi connectivity index (χ0v) is 14.7. The predicted octanol–water partition coefficient (Wildman–Crippen LogP) is 2.92. The third-order valence-corrected chi connectivity index (χ3v) is 4.90. The summed E-state index contributed by atoms with van der Waals surface area (Å²) in [4.78, 5) is 14.5. The molecular formula is C18H23ClN4O. The van der Waals surface area contributed by atoms with Gasteiger partial charge in [0.05, 0.1) is 6.20 Å². The van der Waals surface area contributed by atoms with Gasteiger partial charge in [-0.1, -0.05) is 29.8 Å². The lowest BCUT2D eigenvalue weighted by Gasteiger charge is -2.23. The normalized spacial score (nSPS) is 18.0. The fourth-order valence-corrected chi connectivity index (χ4v) is 3.46. The number of rotatable bonds is 6. The number of carbonyl (C=O) groups excluding carboxylic acids is 1. The molecule has 0 spiro atoms. The Balaban J connectivity index is 1.48. The van der Waals surface area contributed by atoms with Crippen LogP contribution in [0.2, 0.25) is 5.02 Å². The number of amides is 1. The molecule has 1 aliphatic heterocycles. The molecule has 1 N–H and O–H groups in total. The van der Waals surface area contributed by atoms with Gasteiger partial charge in [0.2, 0.25) is 5.91 Å². The third-order valence-electron chi connectivity index (χ3n) is 4.53. The highest BCUT2D eigenvalue weighted by atomic mass is 35.5. The number of nitrogens with zero attached hydrogens (tertiary/aromatic N) is 3. The van der Waals surface area contributed by atoms with Gasteiger partial charge in [-0.3, -0.25) is 14.4 Å². The molecule has 1 aliphatic rings. The van der Waals surface area contributed by atoms with Gasteiger partial charge in [-0.05, 0) is 31.0 Å². The Labute approximate surface area is 147 Å². The quantitative estimate of drug-likeness (QED) is 0.875. The molecule has 6 heteroatoms. The molecule has 1 aromatic carbocycles. The van der Waals surface area contributed by atoms with Gasteiger partial charge in [0, 0.05) is 49.4 Å². The zero-order chi connectivity index (χ0) is 16.9. The van der Waals surface area contributed by atoms with E-state index < -0.39 is 0 Å². The minimum Gasteiger partial charge on any atom is -0.352 e. The molecule has 128 valence electrons. The number of aromatic nitrogens is 2. The van der Waals surface area contributed by atoms with Gasteiger partial charge in [0.25, 0.3) is 0 Å². The first-order valence-electron chi connectivity index (χ1n) is 8.36. The van der Waals surface area contributed by atoms with Crippen LogP contribution in [0.5, 0.6) is 0 Å². The number of carbonyl (C=O) groups is 1. The maximum absolute atomic E-state index is 12.1. The first-order valence-corrected chi connectivity index (χ1v) is 8.74. The number of aryl methyl sites for hydroxylation is 1. The summed E-state index contributed by atoms with van der Waals surface area (Å²) in [7, 11) is 1.94. The molecule has 0 radical (unpaired) electrons. The smallest absolute Gasteiger partial charge is 0.221 e. The molecule has 0 bridgehead atoms. The second-order valence-electron chi connectivity index (χ2n) is 6.26. The van der Waals surface area contributed by atoms with Crippen LogP contribution in [0.3, 0.4) is 0 Å². The molecule has 1 aromatic heterocycles. The largest absolute Gasteiger partial charge is 0.352 e. The highest BCUT2D eigenvalue weighted by Crippen LogP contribution is 2.31. The van der Waals surface area contributed by atoms with Gasteiger partial charge in [0.15, 0.2) is 0 Å². The second-order valence-corrected chi connectivity index (χ2v) is 6.67. The summed E-state index contributed by atoms with van der Waals surface area (Å²) in [5.41, 5.74) is 2.19. The molecule has 24 heavy (non-hydrogen) atoms. The van der Waals surface area contributed by atoms with E-state index in [4.69, 9.17) is 11.6 Å². The molecule has 2 heterocycles.